The molecule has 2 fully saturated rings. The van der Waals surface area contributed by atoms with Gasteiger partial charge in [-0.1, -0.05) is 26.0 Å². The second-order valence-corrected chi connectivity index (χ2v) is 12.7. The maximum atomic E-state index is 12.6. The fourth-order valence-corrected chi connectivity index (χ4v) is 6.85. The van der Waals surface area contributed by atoms with E-state index in [1.165, 1.54) is 0 Å². The monoisotopic (exact) mass is 654 g/mol. The molecule has 0 aliphatic carbocycles. The summed E-state index contributed by atoms with van der Waals surface area (Å²) in [5.74, 6) is -1.13. The number of hydrogen-bond acceptors (Lipinski definition) is 6. The first-order valence-electron chi connectivity index (χ1n) is 15.2. The Balaban J connectivity index is 1.83. The van der Waals surface area contributed by atoms with Crippen LogP contribution in [0.25, 0.3) is 18.2 Å². The third-order valence-corrected chi connectivity index (χ3v) is 9.51. The zero-order valence-corrected chi connectivity index (χ0v) is 27.8. The predicted molar refractivity (Wildman–Crippen MR) is 181 cm³/mol. The standard InChI is InChI=1S/C33H42N4O6S2/c1-16-20(5-7-30(38)39)27(34-24(16)13-26-18(3)23(10-12-45)33(43)36-26)15-28-21(6-8-31(40)41)17(2)25(35-28)14-29-22(9-11-44)19(4)32(42)37-29/h5,10,14-15,18-19,22,26,34-35,44-45H,6-9,11-13H2,1-4H3,(H,36,43)(H,37,42)(H,38,39)(H,40,41)/b20-5+,23-10-,27-15+,29-14-/t18?,19-,22-,26-/m1/s1. The smallest absolute Gasteiger partial charge is 0.307 e. The van der Waals surface area contributed by atoms with Gasteiger partial charge < -0.3 is 30.8 Å². The number of H-pyrrole nitrogens is 2. The van der Waals surface area contributed by atoms with Gasteiger partial charge in [-0.05, 0) is 66.5 Å². The highest BCUT2D eigenvalue weighted by molar-refractivity contribution is 7.80. The number of carboxylic acids is 2. The van der Waals surface area contributed by atoms with Gasteiger partial charge in [-0.15, -0.1) is 0 Å². The summed E-state index contributed by atoms with van der Waals surface area (Å²) in [7, 11) is 0. The molecule has 2 aliphatic heterocycles. The second-order valence-electron chi connectivity index (χ2n) is 11.9. The van der Waals surface area contributed by atoms with Crippen molar-refractivity contribution >= 4 is 67.2 Å². The number of amides is 2. The minimum Gasteiger partial charge on any atom is -0.481 e. The third-order valence-electron chi connectivity index (χ3n) is 9.07. The Bertz CT molecular complexity index is 1680. The van der Waals surface area contributed by atoms with E-state index in [0.717, 1.165) is 45.4 Å². The van der Waals surface area contributed by atoms with Gasteiger partial charge in [0.1, 0.15) is 0 Å². The molecule has 0 spiro atoms. The lowest BCUT2D eigenvalue weighted by atomic mass is 9.91. The molecule has 2 amide bonds. The van der Waals surface area contributed by atoms with Crippen LogP contribution in [-0.2, 0) is 32.0 Å². The molecule has 2 saturated heterocycles. The van der Waals surface area contributed by atoms with Gasteiger partial charge in [0.05, 0.1) is 6.42 Å². The summed E-state index contributed by atoms with van der Waals surface area (Å²) in [4.78, 5) is 55.1. The topological polar surface area (TPSA) is 164 Å². The summed E-state index contributed by atoms with van der Waals surface area (Å²) in [6, 6.07) is -0.146. The van der Waals surface area contributed by atoms with E-state index >= 15 is 0 Å². The molecule has 2 aromatic heterocycles. The SMILES string of the molecule is Cc1c(/C=C2\NC(=O)[C@H](C)[C@H]2CCS)[nH]c(/C=c2/[nH]c(C[C@H]3NC(=O)/C(=C\CS)C3C)c(C)/c2=C\CC(=O)O)c1CCC(=O)O. The normalized spacial score (nSPS) is 24.2. The van der Waals surface area contributed by atoms with E-state index in [-0.39, 0.29) is 54.9 Å². The Morgan fingerprint density at radius 2 is 1.67 bits per heavy atom. The number of aliphatic carboxylic acids is 2. The zero-order chi connectivity index (χ0) is 33.0. The molecule has 4 heterocycles. The van der Waals surface area contributed by atoms with Crippen LogP contribution in [0.1, 0.15) is 66.9 Å². The van der Waals surface area contributed by atoms with E-state index in [0.29, 0.717) is 34.5 Å². The van der Waals surface area contributed by atoms with Crippen molar-refractivity contribution in [2.24, 2.45) is 17.8 Å². The lowest BCUT2D eigenvalue weighted by Gasteiger charge is -2.14. The van der Waals surface area contributed by atoms with Crippen molar-refractivity contribution < 1.29 is 29.4 Å². The van der Waals surface area contributed by atoms with Crippen LogP contribution >= 0.6 is 25.3 Å². The molecule has 12 heteroatoms. The minimum atomic E-state index is -0.961. The van der Waals surface area contributed by atoms with Gasteiger partial charge in [-0.3, -0.25) is 19.2 Å². The number of aromatic amines is 2. The van der Waals surface area contributed by atoms with E-state index < -0.39 is 11.9 Å². The molecule has 4 rings (SSSR count). The highest BCUT2D eigenvalue weighted by Crippen LogP contribution is 2.32. The molecule has 0 bridgehead atoms. The van der Waals surface area contributed by atoms with Gasteiger partial charge in [-0.25, -0.2) is 0 Å². The van der Waals surface area contributed by atoms with Crippen molar-refractivity contribution in [2.75, 3.05) is 11.5 Å². The number of nitrogens with one attached hydrogen (secondary N) is 4. The van der Waals surface area contributed by atoms with Gasteiger partial charge in [0.15, 0.2) is 0 Å². The highest BCUT2D eigenvalue weighted by atomic mass is 32.1. The van der Waals surface area contributed by atoms with Crippen LogP contribution in [0, 0.1) is 31.6 Å². The molecule has 4 atom stereocenters. The van der Waals surface area contributed by atoms with E-state index in [2.05, 4.69) is 45.9 Å². The number of carbonyl (C=O) groups excluding carboxylic acids is 2. The van der Waals surface area contributed by atoms with E-state index in [1.54, 1.807) is 6.08 Å². The van der Waals surface area contributed by atoms with Crippen LogP contribution in [0.5, 0.6) is 0 Å². The average molecular weight is 655 g/mol. The number of carboxylic acid groups (broad SMARTS) is 2. The van der Waals surface area contributed by atoms with Gasteiger partial charge in [0.2, 0.25) is 11.8 Å². The molecule has 0 aromatic carbocycles. The lowest BCUT2D eigenvalue weighted by Crippen LogP contribution is -2.30. The first kappa shape index (κ1) is 34.2. The van der Waals surface area contributed by atoms with Crippen molar-refractivity contribution in [3.8, 4) is 0 Å². The molecule has 10 nitrogen and oxygen atoms in total. The number of carbonyl (C=O) groups is 4. The number of allylic oxidation sites excluding steroid dienone is 1. The summed E-state index contributed by atoms with van der Waals surface area (Å²) in [6.07, 6.45) is 8.59. The van der Waals surface area contributed by atoms with Gasteiger partial charge in [-0.2, -0.15) is 25.3 Å². The molecular formula is C33H42N4O6S2. The summed E-state index contributed by atoms with van der Waals surface area (Å²) in [5, 5.41) is 26.4. The Morgan fingerprint density at radius 1 is 0.933 bits per heavy atom. The summed E-state index contributed by atoms with van der Waals surface area (Å²) < 4.78 is 0. The largest absolute Gasteiger partial charge is 0.481 e. The number of thiol groups is 2. The minimum absolute atomic E-state index is 0.0000232. The predicted octanol–water partition coefficient (Wildman–Crippen LogP) is 2.64. The molecule has 2 aliphatic rings. The molecule has 242 valence electrons. The number of aromatic nitrogens is 2. The summed E-state index contributed by atoms with van der Waals surface area (Å²) in [6.45, 7) is 7.75. The molecular weight excluding hydrogens is 613 g/mol. The van der Waals surface area contributed by atoms with E-state index in [9.17, 15) is 29.4 Å². The van der Waals surface area contributed by atoms with E-state index in [4.69, 9.17) is 0 Å². The highest BCUT2D eigenvalue weighted by Gasteiger charge is 2.35. The second kappa shape index (κ2) is 14.6. The van der Waals surface area contributed by atoms with Gasteiger partial charge >= 0.3 is 11.9 Å². The van der Waals surface area contributed by atoms with Crippen molar-refractivity contribution in [1.29, 1.82) is 0 Å². The summed E-state index contributed by atoms with van der Waals surface area (Å²) in [5.41, 5.74) is 6.42. The Morgan fingerprint density at radius 3 is 2.31 bits per heavy atom. The molecule has 0 saturated carbocycles. The van der Waals surface area contributed by atoms with Crippen LogP contribution in [0.15, 0.2) is 17.3 Å². The van der Waals surface area contributed by atoms with Gasteiger partial charge in [0.25, 0.3) is 0 Å². The number of hydrogen-bond donors (Lipinski definition) is 8. The van der Waals surface area contributed by atoms with Crippen LogP contribution in [0.2, 0.25) is 0 Å². The maximum absolute atomic E-state index is 12.6. The Hall–Kier alpha value is -3.64. The molecule has 1 unspecified atom stereocenters. The van der Waals surface area contributed by atoms with Crippen LogP contribution in [0.3, 0.4) is 0 Å². The molecule has 2 aromatic rings. The maximum Gasteiger partial charge on any atom is 0.307 e. The average Bonchev–Trinajstić information content (AvgIpc) is 3.61. The van der Waals surface area contributed by atoms with Crippen LogP contribution in [-0.4, -0.2) is 61.5 Å². The summed E-state index contributed by atoms with van der Waals surface area (Å²) >= 11 is 8.62. The van der Waals surface area contributed by atoms with Crippen LogP contribution in [0.4, 0.5) is 0 Å². The van der Waals surface area contributed by atoms with Crippen molar-refractivity contribution in [1.82, 2.24) is 20.6 Å². The Labute approximate surface area is 273 Å². The van der Waals surface area contributed by atoms with Crippen LogP contribution < -0.4 is 21.2 Å². The number of rotatable bonds is 12. The zero-order valence-electron chi connectivity index (χ0n) is 26.0. The van der Waals surface area contributed by atoms with Crippen molar-refractivity contribution in [2.45, 2.75) is 65.8 Å². The lowest BCUT2D eigenvalue weighted by molar-refractivity contribution is -0.137. The first-order chi connectivity index (χ1) is 21.4. The van der Waals surface area contributed by atoms with Gasteiger partial charge in [0, 0.05) is 76.1 Å². The Kier molecular flexibility index (Phi) is 11.1. The molecule has 0 radical (unpaired) electrons. The quantitative estimate of drug-likeness (QED) is 0.130. The molecule has 6 N–H and O–H groups in total. The third kappa shape index (κ3) is 7.61. The fraction of sp³-hybridized carbons (Fsp3) is 0.455. The first-order valence-corrected chi connectivity index (χ1v) is 16.4. The van der Waals surface area contributed by atoms with Crippen molar-refractivity contribution in [3.63, 3.8) is 0 Å². The molecule has 45 heavy (non-hydrogen) atoms. The van der Waals surface area contributed by atoms with E-state index in [1.807, 2.05) is 45.9 Å². The fourth-order valence-electron chi connectivity index (χ4n) is 6.37. The van der Waals surface area contributed by atoms with Crippen molar-refractivity contribution in [3.05, 3.63) is 61.7 Å².